The third kappa shape index (κ3) is 3.78. The molecule has 0 unspecified atom stereocenters. The molecule has 0 spiro atoms. The van der Waals surface area contributed by atoms with Gasteiger partial charge in [-0.1, -0.05) is 12.1 Å². The average Bonchev–Trinajstić information content (AvgIpc) is 3.33. The Kier molecular flexibility index (Phi) is 5.41. The maximum atomic E-state index is 13.2. The first kappa shape index (κ1) is 18.9. The molecule has 1 aliphatic rings. The number of hydrogen-bond donors (Lipinski definition) is 0. The van der Waals surface area contributed by atoms with Crippen LogP contribution in [0.2, 0.25) is 0 Å². The fraction of sp³-hybridized carbons (Fsp3) is 0.333. The van der Waals surface area contributed by atoms with Gasteiger partial charge in [0.15, 0.2) is 11.5 Å². The van der Waals surface area contributed by atoms with Crippen LogP contribution in [-0.4, -0.2) is 58.3 Å². The van der Waals surface area contributed by atoms with E-state index in [4.69, 9.17) is 9.47 Å². The lowest BCUT2D eigenvalue weighted by Crippen LogP contribution is -2.35. The molecular weight excluding hydrogens is 370 g/mol. The summed E-state index contributed by atoms with van der Waals surface area (Å²) in [6.07, 6.45) is 4.75. The molecule has 1 amide bonds. The maximum absolute atomic E-state index is 13.2. The first-order valence-corrected chi connectivity index (χ1v) is 9.60. The van der Waals surface area contributed by atoms with Gasteiger partial charge in [-0.05, 0) is 59.5 Å². The van der Waals surface area contributed by atoms with Crippen LogP contribution < -0.4 is 9.47 Å². The molecule has 1 aliphatic heterocycles. The van der Waals surface area contributed by atoms with Crippen molar-refractivity contribution < 1.29 is 14.3 Å². The van der Waals surface area contributed by atoms with Crippen molar-refractivity contribution in [2.24, 2.45) is 0 Å². The summed E-state index contributed by atoms with van der Waals surface area (Å²) in [5, 5.41) is 11.4. The molecule has 2 heterocycles. The van der Waals surface area contributed by atoms with Crippen molar-refractivity contribution >= 4 is 5.91 Å². The van der Waals surface area contributed by atoms with Gasteiger partial charge in [-0.25, -0.2) is 4.68 Å². The summed E-state index contributed by atoms with van der Waals surface area (Å²) in [5.41, 5.74) is 2.96. The summed E-state index contributed by atoms with van der Waals surface area (Å²) in [5.74, 6) is 1.25. The standard InChI is InChI=1S/C21H23N5O3/c1-28-19-8-6-7-18(20(19)29-2)15-11-16(21(27)25-9-4-3-5-10-25)13-17(12-15)26-14-22-23-24-26/h6-8,11-14H,3-5,9-10H2,1-2H3. The number of piperidine rings is 1. The summed E-state index contributed by atoms with van der Waals surface area (Å²) < 4.78 is 12.6. The first-order chi connectivity index (χ1) is 14.2. The molecule has 2 aromatic carbocycles. The van der Waals surface area contributed by atoms with E-state index < -0.39 is 0 Å². The van der Waals surface area contributed by atoms with E-state index in [0.717, 1.165) is 37.1 Å². The van der Waals surface area contributed by atoms with Crippen LogP contribution in [0, 0.1) is 0 Å². The number of aromatic nitrogens is 4. The number of hydrogen-bond acceptors (Lipinski definition) is 6. The van der Waals surface area contributed by atoms with Gasteiger partial charge in [-0.3, -0.25) is 4.79 Å². The predicted molar refractivity (Wildman–Crippen MR) is 107 cm³/mol. The summed E-state index contributed by atoms with van der Waals surface area (Å²) in [7, 11) is 3.21. The van der Waals surface area contributed by atoms with Gasteiger partial charge in [0.25, 0.3) is 5.91 Å². The third-order valence-electron chi connectivity index (χ3n) is 5.14. The Labute approximate surface area is 169 Å². The Morgan fingerprint density at radius 3 is 2.55 bits per heavy atom. The van der Waals surface area contributed by atoms with E-state index in [1.54, 1.807) is 18.9 Å². The molecular formula is C21H23N5O3. The van der Waals surface area contributed by atoms with Gasteiger partial charge in [-0.2, -0.15) is 0 Å². The van der Waals surface area contributed by atoms with Gasteiger partial charge in [0.2, 0.25) is 0 Å². The van der Waals surface area contributed by atoms with E-state index in [1.807, 2.05) is 41.3 Å². The second kappa shape index (κ2) is 8.30. The molecule has 4 rings (SSSR count). The number of likely N-dealkylation sites (tertiary alicyclic amines) is 1. The summed E-state index contributed by atoms with van der Waals surface area (Å²) in [4.78, 5) is 15.1. The smallest absolute Gasteiger partial charge is 0.253 e. The number of carbonyl (C=O) groups is 1. The molecule has 1 fully saturated rings. The van der Waals surface area contributed by atoms with Crippen LogP contribution >= 0.6 is 0 Å². The minimum absolute atomic E-state index is 0.0164. The zero-order chi connectivity index (χ0) is 20.2. The fourth-order valence-corrected chi connectivity index (χ4v) is 3.70. The molecule has 8 nitrogen and oxygen atoms in total. The molecule has 150 valence electrons. The minimum atomic E-state index is 0.0164. The van der Waals surface area contributed by atoms with Crippen LogP contribution in [0.3, 0.4) is 0 Å². The Morgan fingerprint density at radius 1 is 1.03 bits per heavy atom. The van der Waals surface area contributed by atoms with Crippen LogP contribution in [0.25, 0.3) is 16.8 Å². The Balaban J connectivity index is 1.84. The normalized spacial score (nSPS) is 13.9. The average molecular weight is 393 g/mol. The highest BCUT2D eigenvalue weighted by atomic mass is 16.5. The van der Waals surface area contributed by atoms with Crippen molar-refractivity contribution in [1.29, 1.82) is 0 Å². The molecule has 3 aromatic rings. The Morgan fingerprint density at radius 2 is 1.86 bits per heavy atom. The second-order valence-electron chi connectivity index (χ2n) is 6.92. The number of rotatable bonds is 5. The van der Waals surface area contributed by atoms with Crippen LogP contribution in [-0.2, 0) is 0 Å². The van der Waals surface area contributed by atoms with Crippen molar-refractivity contribution in [3.63, 3.8) is 0 Å². The number of amides is 1. The predicted octanol–water partition coefficient (Wildman–Crippen LogP) is 2.97. The second-order valence-corrected chi connectivity index (χ2v) is 6.92. The molecule has 8 heteroatoms. The largest absolute Gasteiger partial charge is 0.493 e. The highest BCUT2D eigenvalue weighted by molar-refractivity contribution is 5.96. The summed E-state index contributed by atoms with van der Waals surface area (Å²) in [6, 6.07) is 11.3. The van der Waals surface area contributed by atoms with Gasteiger partial charge in [0.05, 0.1) is 19.9 Å². The van der Waals surface area contributed by atoms with E-state index in [1.165, 1.54) is 12.7 Å². The monoisotopic (exact) mass is 393 g/mol. The number of benzene rings is 2. The molecule has 1 aromatic heterocycles. The van der Waals surface area contributed by atoms with Crippen LogP contribution in [0.5, 0.6) is 11.5 Å². The number of tetrazole rings is 1. The first-order valence-electron chi connectivity index (χ1n) is 9.60. The summed E-state index contributed by atoms with van der Waals surface area (Å²) >= 11 is 0. The number of ether oxygens (including phenoxy) is 2. The lowest BCUT2D eigenvalue weighted by atomic mass is 9.99. The van der Waals surface area contributed by atoms with Crippen molar-refractivity contribution in [2.45, 2.75) is 19.3 Å². The molecule has 29 heavy (non-hydrogen) atoms. The number of methoxy groups -OCH3 is 2. The minimum Gasteiger partial charge on any atom is -0.493 e. The summed E-state index contributed by atoms with van der Waals surface area (Å²) in [6.45, 7) is 1.57. The van der Waals surface area contributed by atoms with E-state index in [2.05, 4.69) is 15.5 Å². The zero-order valence-corrected chi connectivity index (χ0v) is 16.5. The van der Waals surface area contributed by atoms with Gasteiger partial charge in [0, 0.05) is 24.2 Å². The SMILES string of the molecule is COc1cccc(-c2cc(C(=O)N3CCCCC3)cc(-n3cnnn3)c2)c1OC. The van der Waals surface area contributed by atoms with Crippen molar-refractivity contribution in [3.05, 3.63) is 48.3 Å². The molecule has 0 saturated carbocycles. The van der Waals surface area contributed by atoms with Crippen LogP contribution in [0.4, 0.5) is 0 Å². The Bertz CT molecular complexity index is 998. The molecule has 0 radical (unpaired) electrons. The third-order valence-corrected chi connectivity index (χ3v) is 5.14. The van der Waals surface area contributed by atoms with Gasteiger partial charge >= 0.3 is 0 Å². The van der Waals surface area contributed by atoms with Gasteiger partial charge < -0.3 is 14.4 Å². The van der Waals surface area contributed by atoms with Crippen LogP contribution in [0.1, 0.15) is 29.6 Å². The quantitative estimate of drug-likeness (QED) is 0.663. The zero-order valence-electron chi connectivity index (χ0n) is 16.5. The van der Waals surface area contributed by atoms with Crippen molar-refractivity contribution in [2.75, 3.05) is 27.3 Å². The molecule has 1 saturated heterocycles. The fourth-order valence-electron chi connectivity index (χ4n) is 3.70. The molecule has 0 bridgehead atoms. The van der Waals surface area contributed by atoms with Gasteiger partial charge in [0.1, 0.15) is 6.33 Å². The molecule has 0 aliphatic carbocycles. The lowest BCUT2D eigenvalue weighted by molar-refractivity contribution is 0.0724. The number of nitrogens with zero attached hydrogens (tertiary/aromatic N) is 5. The maximum Gasteiger partial charge on any atom is 0.253 e. The van der Waals surface area contributed by atoms with E-state index in [-0.39, 0.29) is 5.91 Å². The van der Waals surface area contributed by atoms with E-state index in [0.29, 0.717) is 22.7 Å². The highest BCUT2D eigenvalue weighted by Gasteiger charge is 2.21. The number of para-hydroxylation sites is 1. The molecule has 0 atom stereocenters. The Hall–Kier alpha value is -3.42. The lowest BCUT2D eigenvalue weighted by Gasteiger charge is -2.27. The van der Waals surface area contributed by atoms with Gasteiger partial charge in [-0.15, -0.1) is 5.10 Å². The number of carbonyl (C=O) groups excluding carboxylic acids is 1. The topological polar surface area (TPSA) is 82.4 Å². The van der Waals surface area contributed by atoms with E-state index >= 15 is 0 Å². The van der Waals surface area contributed by atoms with E-state index in [9.17, 15) is 4.79 Å². The molecule has 0 N–H and O–H groups in total. The van der Waals surface area contributed by atoms with Crippen molar-refractivity contribution in [3.8, 4) is 28.3 Å². The van der Waals surface area contributed by atoms with Crippen molar-refractivity contribution in [1.82, 2.24) is 25.1 Å². The highest BCUT2D eigenvalue weighted by Crippen LogP contribution is 2.38. The van der Waals surface area contributed by atoms with Crippen LogP contribution in [0.15, 0.2) is 42.7 Å².